The van der Waals surface area contributed by atoms with Gasteiger partial charge in [-0.05, 0) is 77.3 Å². The van der Waals surface area contributed by atoms with E-state index in [1.54, 1.807) is 50.8 Å². The SMILES string of the molecule is CC[C@@H](C)Oc1c(Br)cc(C=Nn2c(-c3cc4c(OC)cccc4o3)nc3ccccc3c2=O)cc1OC. The summed E-state index contributed by atoms with van der Waals surface area (Å²) in [5, 5.41) is 5.76. The second kappa shape index (κ2) is 10.7. The molecule has 0 unspecified atom stereocenters. The first-order valence-corrected chi connectivity index (χ1v) is 12.9. The Morgan fingerprint density at radius 2 is 1.84 bits per heavy atom. The van der Waals surface area contributed by atoms with E-state index in [1.165, 1.54) is 4.68 Å². The van der Waals surface area contributed by atoms with Gasteiger partial charge in [0.2, 0.25) is 5.82 Å². The lowest BCUT2D eigenvalue weighted by Gasteiger charge is -2.17. The predicted octanol–water partition coefficient (Wildman–Crippen LogP) is 6.65. The van der Waals surface area contributed by atoms with Gasteiger partial charge in [0.05, 0.1) is 47.3 Å². The molecule has 0 aliphatic heterocycles. The van der Waals surface area contributed by atoms with Crippen molar-refractivity contribution in [2.45, 2.75) is 26.4 Å². The fourth-order valence-corrected chi connectivity index (χ4v) is 4.60. The van der Waals surface area contributed by atoms with Crippen molar-refractivity contribution in [1.29, 1.82) is 0 Å². The minimum absolute atomic E-state index is 0.0203. The lowest BCUT2D eigenvalue weighted by Crippen LogP contribution is -2.20. The average molecular weight is 576 g/mol. The summed E-state index contributed by atoms with van der Waals surface area (Å²) in [5.74, 6) is 2.48. The number of fused-ring (bicyclic) bond motifs is 2. The molecule has 0 N–H and O–H groups in total. The standard InChI is InChI=1S/C29H26BrN3O5/c1-5-17(2)37-27-21(30)13-18(14-25(27)36-4)16-31-33-28(32-22-10-7-6-9-19(22)29(33)34)26-15-20-23(35-3)11-8-12-24(20)38-26/h6-17H,5H2,1-4H3/t17-/m1/s1. The highest BCUT2D eigenvalue weighted by molar-refractivity contribution is 9.10. The fraction of sp³-hybridized carbons (Fsp3) is 0.207. The van der Waals surface area contributed by atoms with Crippen LogP contribution in [-0.4, -0.2) is 36.2 Å². The first kappa shape index (κ1) is 25.5. The third kappa shape index (κ3) is 4.77. The predicted molar refractivity (Wildman–Crippen MR) is 152 cm³/mol. The number of rotatable bonds is 8. The maximum atomic E-state index is 13.6. The zero-order valence-corrected chi connectivity index (χ0v) is 23.0. The molecule has 0 spiro atoms. The molecule has 0 aliphatic carbocycles. The van der Waals surface area contributed by atoms with Gasteiger partial charge in [-0.2, -0.15) is 9.78 Å². The Morgan fingerprint density at radius 1 is 1.05 bits per heavy atom. The van der Waals surface area contributed by atoms with Crippen LogP contribution in [0.15, 0.2) is 79.4 Å². The van der Waals surface area contributed by atoms with Crippen molar-refractivity contribution in [1.82, 2.24) is 9.66 Å². The van der Waals surface area contributed by atoms with E-state index in [1.807, 2.05) is 37.3 Å². The van der Waals surface area contributed by atoms with E-state index in [0.717, 1.165) is 11.8 Å². The molecule has 3 aromatic carbocycles. The molecule has 2 heterocycles. The summed E-state index contributed by atoms with van der Waals surface area (Å²) >= 11 is 3.58. The molecule has 0 radical (unpaired) electrons. The Kier molecular flexibility index (Phi) is 7.20. The van der Waals surface area contributed by atoms with Gasteiger partial charge >= 0.3 is 0 Å². The number of para-hydroxylation sites is 1. The van der Waals surface area contributed by atoms with Crippen LogP contribution in [0.4, 0.5) is 0 Å². The number of benzene rings is 3. The summed E-state index contributed by atoms with van der Waals surface area (Å²) in [6, 6.07) is 18.1. The quantitative estimate of drug-likeness (QED) is 0.192. The lowest BCUT2D eigenvalue weighted by molar-refractivity contribution is 0.206. The van der Waals surface area contributed by atoms with E-state index in [4.69, 9.17) is 23.6 Å². The maximum absolute atomic E-state index is 13.6. The highest BCUT2D eigenvalue weighted by Crippen LogP contribution is 2.37. The van der Waals surface area contributed by atoms with E-state index in [9.17, 15) is 4.79 Å². The van der Waals surface area contributed by atoms with Gasteiger partial charge in [-0.15, -0.1) is 0 Å². The average Bonchev–Trinajstić information content (AvgIpc) is 3.38. The Hall–Kier alpha value is -4.11. The first-order chi connectivity index (χ1) is 18.4. The molecule has 194 valence electrons. The van der Waals surface area contributed by atoms with E-state index in [-0.39, 0.29) is 17.5 Å². The molecule has 0 bridgehead atoms. The largest absolute Gasteiger partial charge is 0.496 e. The Labute approximate surface area is 227 Å². The topological polar surface area (TPSA) is 88.1 Å². The summed E-state index contributed by atoms with van der Waals surface area (Å²) in [4.78, 5) is 18.3. The van der Waals surface area contributed by atoms with Crippen LogP contribution in [0.3, 0.4) is 0 Å². The maximum Gasteiger partial charge on any atom is 0.282 e. The number of ether oxygens (including phenoxy) is 3. The smallest absolute Gasteiger partial charge is 0.282 e. The van der Waals surface area contributed by atoms with Crippen LogP contribution in [0.5, 0.6) is 17.2 Å². The summed E-state index contributed by atoms with van der Waals surface area (Å²) in [6.07, 6.45) is 2.45. The van der Waals surface area contributed by atoms with E-state index in [2.05, 4.69) is 28.0 Å². The minimum Gasteiger partial charge on any atom is -0.496 e. The first-order valence-electron chi connectivity index (χ1n) is 12.1. The number of aromatic nitrogens is 2. The van der Waals surface area contributed by atoms with E-state index >= 15 is 0 Å². The van der Waals surface area contributed by atoms with Crippen molar-refractivity contribution in [3.8, 4) is 28.8 Å². The molecular weight excluding hydrogens is 550 g/mol. The van der Waals surface area contributed by atoms with Crippen LogP contribution in [-0.2, 0) is 0 Å². The monoisotopic (exact) mass is 575 g/mol. The van der Waals surface area contributed by atoms with E-state index in [0.29, 0.717) is 49.5 Å². The van der Waals surface area contributed by atoms with Crippen LogP contribution in [0, 0.1) is 0 Å². The van der Waals surface area contributed by atoms with Crippen molar-refractivity contribution in [2.24, 2.45) is 5.10 Å². The molecule has 0 aliphatic rings. The van der Waals surface area contributed by atoms with Crippen LogP contribution < -0.4 is 19.8 Å². The van der Waals surface area contributed by atoms with Crippen LogP contribution in [0.25, 0.3) is 33.5 Å². The number of nitrogens with zero attached hydrogens (tertiary/aromatic N) is 3. The number of furan rings is 1. The van der Waals surface area contributed by atoms with Crippen molar-refractivity contribution < 1.29 is 18.6 Å². The third-order valence-electron chi connectivity index (χ3n) is 6.18. The number of halogens is 1. The second-order valence-electron chi connectivity index (χ2n) is 8.67. The fourth-order valence-electron chi connectivity index (χ4n) is 4.05. The van der Waals surface area contributed by atoms with Crippen molar-refractivity contribution in [3.05, 3.63) is 81.1 Å². The minimum atomic E-state index is -0.322. The summed E-state index contributed by atoms with van der Waals surface area (Å²) < 4.78 is 25.1. The lowest BCUT2D eigenvalue weighted by atomic mass is 10.2. The molecule has 0 saturated heterocycles. The molecule has 0 amide bonds. The summed E-state index contributed by atoms with van der Waals surface area (Å²) in [6.45, 7) is 4.05. The van der Waals surface area contributed by atoms with Gasteiger partial charge in [0.25, 0.3) is 5.56 Å². The molecular formula is C29H26BrN3O5. The zero-order valence-electron chi connectivity index (χ0n) is 21.4. The molecule has 0 saturated carbocycles. The third-order valence-corrected chi connectivity index (χ3v) is 6.77. The van der Waals surface area contributed by atoms with E-state index < -0.39 is 0 Å². The molecule has 5 rings (SSSR count). The molecule has 5 aromatic rings. The van der Waals surface area contributed by atoms with Gasteiger partial charge in [0.15, 0.2) is 17.3 Å². The molecule has 2 aromatic heterocycles. The van der Waals surface area contributed by atoms with Crippen molar-refractivity contribution in [3.63, 3.8) is 0 Å². The van der Waals surface area contributed by atoms with Crippen molar-refractivity contribution in [2.75, 3.05) is 14.2 Å². The highest BCUT2D eigenvalue weighted by Gasteiger charge is 2.18. The molecule has 0 fully saturated rings. The number of hydrogen-bond donors (Lipinski definition) is 0. The normalized spacial score (nSPS) is 12.3. The van der Waals surface area contributed by atoms with Crippen LogP contribution in [0.2, 0.25) is 0 Å². The number of hydrogen-bond acceptors (Lipinski definition) is 7. The van der Waals surface area contributed by atoms with Gasteiger partial charge in [-0.1, -0.05) is 25.1 Å². The van der Waals surface area contributed by atoms with Crippen molar-refractivity contribution >= 4 is 44.0 Å². The van der Waals surface area contributed by atoms with Gasteiger partial charge in [0.1, 0.15) is 11.3 Å². The summed E-state index contributed by atoms with van der Waals surface area (Å²) in [5.41, 5.74) is 1.53. The van der Waals surface area contributed by atoms with Gasteiger partial charge in [-0.25, -0.2) is 4.98 Å². The second-order valence-corrected chi connectivity index (χ2v) is 9.52. The molecule has 1 atom stereocenters. The van der Waals surface area contributed by atoms with Crippen LogP contribution in [0.1, 0.15) is 25.8 Å². The van der Waals surface area contributed by atoms with Crippen LogP contribution >= 0.6 is 15.9 Å². The zero-order chi connectivity index (χ0) is 26.8. The molecule has 38 heavy (non-hydrogen) atoms. The summed E-state index contributed by atoms with van der Waals surface area (Å²) in [7, 11) is 3.18. The van der Waals surface area contributed by atoms with Gasteiger partial charge in [-0.3, -0.25) is 4.79 Å². The number of methoxy groups -OCH3 is 2. The van der Waals surface area contributed by atoms with Gasteiger partial charge in [0, 0.05) is 0 Å². The Morgan fingerprint density at radius 3 is 2.61 bits per heavy atom. The molecule has 9 heteroatoms. The Balaban J connectivity index is 1.65. The molecule has 8 nitrogen and oxygen atoms in total. The highest BCUT2D eigenvalue weighted by atomic mass is 79.9. The van der Waals surface area contributed by atoms with Gasteiger partial charge < -0.3 is 18.6 Å². The Bertz CT molecular complexity index is 1720.